The van der Waals surface area contributed by atoms with Crippen LogP contribution in [0.2, 0.25) is 5.02 Å². The topological polar surface area (TPSA) is 43.8 Å². The van der Waals surface area contributed by atoms with Crippen LogP contribution in [0.1, 0.15) is 29.5 Å². The van der Waals surface area contributed by atoms with Gasteiger partial charge in [0.25, 0.3) is 0 Å². The van der Waals surface area contributed by atoms with Crippen molar-refractivity contribution in [2.75, 3.05) is 5.73 Å². The van der Waals surface area contributed by atoms with Gasteiger partial charge in [-0.05, 0) is 37.1 Å². The highest BCUT2D eigenvalue weighted by molar-refractivity contribution is 7.10. The molecule has 0 aliphatic heterocycles. The van der Waals surface area contributed by atoms with Gasteiger partial charge in [0, 0.05) is 4.88 Å². The molecule has 1 aliphatic carbocycles. The normalized spacial score (nSPS) is 17.3. The number of halogens is 1. The third-order valence-electron chi connectivity index (χ3n) is 3.21. The third kappa shape index (κ3) is 1.85. The summed E-state index contributed by atoms with van der Waals surface area (Å²) in [5.74, 6) is 1.25. The molecule has 0 radical (unpaired) electrons. The van der Waals surface area contributed by atoms with Crippen LogP contribution in [0.25, 0.3) is 0 Å². The largest absolute Gasteiger partial charge is 0.383 e. The summed E-state index contributed by atoms with van der Waals surface area (Å²) in [5.41, 5.74) is 6.86. The van der Waals surface area contributed by atoms with Crippen LogP contribution in [-0.2, 0) is 0 Å². The van der Waals surface area contributed by atoms with Crippen LogP contribution in [0, 0.1) is 12.8 Å². The number of aromatic nitrogens is 2. The van der Waals surface area contributed by atoms with Crippen LogP contribution in [0.3, 0.4) is 0 Å². The van der Waals surface area contributed by atoms with Crippen LogP contribution in [-0.4, -0.2) is 9.78 Å². The molecule has 1 atom stereocenters. The summed E-state index contributed by atoms with van der Waals surface area (Å²) in [5, 5.41) is 7.18. The Morgan fingerprint density at radius 1 is 1.59 bits per heavy atom. The Balaban J connectivity index is 2.07. The zero-order valence-corrected chi connectivity index (χ0v) is 11.1. The Morgan fingerprint density at radius 2 is 2.35 bits per heavy atom. The van der Waals surface area contributed by atoms with E-state index in [0.29, 0.717) is 16.8 Å². The first-order valence-electron chi connectivity index (χ1n) is 5.72. The van der Waals surface area contributed by atoms with Gasteiger partial charge in [0.15, 0.2) is 0 Å². The fourth-order valence-electron chi connectivity index (χ4n) is 2.18. The summed E-state index contributed by atoms with van der Waals surface area (Å²) in [6.45, 7) is 1.90. The van der Waals surface area contributed by atoms with Gasteiger partial charge in [0.05, 0.1) is 11.7 Å². The van der Waals surface area contributed by atoms with Crippen LogP contribution in [0.5, 0.6) is 0 Å². The van der Waals surface area contributed by atoms with E-state index in [9.17, 15) is 0 Å². The fourth-order valence-corrected chi connectivity index (χ4v) is 3.21. The average molecular weight is 268 g/mol. The van der Waals surface area contributed by atoms with Crippen molar-refractivity contribution in [1.29, 1.82) is 0 Å². The molecule has 0 amide bonds. The summed E-state index contributed by atoms with van der Waals surface area (Å²) < 4.78 is 1.90. The van der Waals surface area contributed by atoms with E-state index in [4.69, 9.17) is 17.3 Å². The Morgan fingerprint density at radius 3 is 2.82 bits per heavy atom. The van der Waals surface area contributed by atoms with Crippen molar-refractivity contribution in [2.24, 2.45) is 5.92 Å². The molecule has 1 saturated carbocycles. The first-order valence-corrected chi connectivity index (χ1v) is 6.97. The Bertz CT molecular complexity index is 528. The molecular weight excluding hydrogens is 254 g/mol. The summed E-state index contributed by atoms with van der Waals surface area (Å²) in [6.07, 6.45) is 2.50. The van der Waals surface area contributed by atoms with Gasteiger partial charge >= 0.3 is 0 Å². The molecule has 3 nitrogen and oxygen atoms in total. The lowest BCUT2D eigenvalue weighted by Gasteiger charge is -2.16. The maximum Gasteiger partial charge on any atom is 0.141 e. The summed E-state index contributed by atoms with van der Waals surface area (Å²) in [6, 6.07) is 4.49. The molecular formula is C12H14ClN3S. The van der Waals surface area contributed by atoms with Crippen molar-refractivity contribution in [1.82, 2.24) is 9.78 Å². The standard InChI is InChI=1S/C12H14ClN3S/c1-7-10(13)12(14)16(15-7)11(8-4-5-8)9-3-2-6-17-9/h2-3,6,8,11H,4-5,14H2,1H3. The molecule has 1 fully saturated rings. The third-order valence-corrected chi connectivity index (χ3v) is 4.62. The lowest BCUT2D eigenvalue weighted by Crippen LogP contribution is -2.15. The minimum Gasteiger partial charge on any atom is -0.383 e. The van der Waals surface area contributed by atoms with Gasteiger partial charge in [0.2, 0.25) is 0 Å². The lowest BCUT2D eigenvalue weighted by molar-refractivity contribution is 0.482. The molecule has 2 N–H and O–H groups in total. The Hall–Kier alpha value is -1.00. The van der Waals surface area contributed by atoms with Crippen molar-refractivity contribution in [2.45, 2.75) is 25.8 Å². The smallest absolute Gasteiger partial charge is 0.141 e. The monoisotopic (exact) mass is 267 g/mol. The van der Waals surface area contributed by atoms with Gasteiger partial charge < -0.3 is 5.73 Å². The van der Waals surface area contributed by atoms with E-state index in [1.807, 2.05) is 11.6 Å². The zero-order chi connectivity index (χ0) is 12.0. The quantitative estimate of drug-likeness (QED) is 0.925. The maximum absolute atomic E-state index is 6.12. The number of rotatable bonds is 3. The van der Waals surface area contributed by atoms with Crippen molar-refractivity contribution in [3.05, 3.63) is 33.1 Å². The Kier molecular flexibility index (Phi) is 2.64. The highest BCUT2D eigenvalue weighted by Gasteiger charge is 2.36. The predicted molar refractivity (Wildman–Crippen MR) is 71.6 cm³/mol. The van der Waals surface area contributed by atoms with Crippen LogP contribution >= 0.6 is 22.9 Å². The van der Waals surface area contributed by atoms with Crippen LogP contribution in [0.15, 0.2) is 17.5 Å². The predicted octanol–water partition coefficient (Wildman–Crippen LogP) is 3.49. The van der Waals surface area contributed by atoms with E-state index in [0.717, 1.165) is 5.69 Å². The number of aryl methyl sites for hydroxylation is 1. The minimum atomic E-state index is 0.265. The number of hydrogen-bond acceptors (Lipinski definition) is 3. The number of thiophene rings is 1. The zero-order valence-electron chi connectivity index (χ0n) is 9.56. The van der Waals surface area contributed by atoms with Crippen molar-refractivity contribution in [3.8, 4) is 0 Å². The average Bonchev–Trinajstić information content (AvgIpc) is 2.94. The molecule has 90 valence electrons. The van der Waals surface area contributed by atoms with E-state index in [1.54, 1.807) is 11.3 Å². The molecule has 0 spiro atoms. The van der Waals surface area contributed by atoms with Gasteiger partial charge in [-0.3, -0.25) is 0 Å². The molecule has 2 heterocycles. The number of nitrogens with zero attached hydrogens (tertiary/aromatic N) is 2. The minimum absolute atomic E-state index is 0.265. The second-order valence-electron chi connectivity index (χ2n) is 4.53. The molecule has 2 aromatic heterocycles. The van der Waals surface area contributed by atoms with Gasteiger partial charge in [-0.15, -0.1) is 11.3 Å². The van der Waals surface area contributed by atoms with E-state index in [-0.39, 0.29) is 6.04 Å². The molecule has 3 rings (SSSR count). The molecule has 0 saturated heterocycles. The van der Waals surface area contributed by atoms with Gasteiger partial charge in [0.1, 0.15) is 10.8 Å². The van der Waals surface area contributed by atoms with E-state index in [2.05, 4.69) is 22.6 Å². The van der Waals surface area contributed by atoms with Crippen LogP contribution < -0.4 is 5.73 Å². The van der Waals surface area contributed by atoms with E-state index >= 15 is 0 Å². The van der Waals surface area contributed by atoms with E-state index in [1.165, 1.54) is 17.7 Å². The molecule has 1 aliphatic rings. The van der Waals surface area contributed by atoms with Crippen LogP contribution in [0.4, 0.5) is 5.82 Å². The van der Waals surface area contributed by atoms with Crippen molar-refractivity contribution >= 4 is 28.8 Å². The number of hydrogen-bond donors (Lipinski definition) is 1. The van der Waals surface area contributed by atoms with E-state index < -0.39 is 0 Å². The SMILES string of the molecule is Cc1nn(C(c2cccs2)C2CC2)c(N)c1Cl. The van der Waals surface area contributed by atoms with Gasteiger partial charge in [-0.1, -0.05) is 17.7 Å². The van der Waals surface area contributed by atoms with Crippen molar-refractivity contribution in [3.63, 3.8) is 0 Å². The summed E-state index contributed by atoms with van der Waals surface area (Å²) in [4.78, 5) is 1.32. The maximum atomic E-state index is 6.12. The lowest BCUT2D eigenvalue weighted by atomic mass is 10.1. The molecule has 1 unspecified atom stereocenters. The molecule has 5 heteroatoms. The summed E-state index contributed by atoms with van der Waals surface area (Å²) >= 11 is 7.88. The number of nitrogen functional groups attached to an aromatic ring is 1. The number of nitrogens with two attached hydrogens (primary N) is 1. The summed E-state index contributed by atoms with van der Waals surface area (Å²) in [7, 11) is 0. The molecule has 2 aromatic rings. The highest BCUT2D eigenvalue weighted by Crippen LogP contribution is 2.46. The molecule has 0 bridgehead atoms. The van der Waals surface area contributed by atoms with Gasteiger partial charge in [-0.2, -0.15) is 5.10 Å². The second kappa shape index (κ2) is 4.03. The fraction of sp³-hybridized carbons (Fsp3) is 0.417. The van der Waals surface area contributed by atoms with Crippen molar-refractivity contribution < 1.29 is 0 Å². The Labute approximate surface area is 109 Å². The number of anilines is 1. The molecule has 0 aromatic carbocycles. The highest BCUT2D eigenvalue weighted by atomic mass is 35.5. The molecule has 17 heavy (non-hydrogen) atoms. The first kappa shape index (κ1) is 11.1. The van der Waals surface area contributed by atoms with Gasteiger partial charge in [-0.25, -0.2) is 4.68 Å². The second-order valence-corrected chi connectivity index (χ2v) is 5.88. The first-order chi connectivity index (χ1) is 8.18.